The highest BCUT2D eigenvalue weighted by Crippen LogP contribution is 2.20. The number of aryl methyl sites for hydroxylation is 1. The highest BCUT2D eigenvalue weighted by atomic mass is 32.2. The lowest BCUT2D eigenvalue weighted by Crippen LogP contribution is -2.39. The van der Waals surface area contributed by atoms with Crippen LogP contribution in [0.2, 0.25) is 0 Å². The fourth-order valence-electron chi connectivity index (χ4n) is 1.43. The number of amides is 1. The van der Waals surface area contributed by atoms with Gasteiger partial charge in [-0.2, -0.15) is 0 Å². The van der Waals surface area contributed by atoms with E-state index in [4.69, 9.17) is 5.73 Å². The largest absolute Gasteiger partial charge is 0.368 e. The molecule has 1 aromatic carbocycles. The van der Waals surface area contributed by atoms with E-state index < -0.39 is 0 Å². The molecule has 4 heteroatoms. The number of carbonyl (C=O) groups is 1. The van der Waals surface area contributed by atoms with Crippen molar-refractivity contribution in [2.45, 2.75) is 24.3 Å². The van der Waals surface area contributed by atoms with Crippen LogP contribution in [0.15, 0.2) is 29.2 Å². The lowest BCUT2D eigenvalue weighted by molar-refractivity contribution is -0.119. The van der Waals surface area contributed by atoms with Gasteiger partial charge >= 0.3 is 0 Å². The van der Waals surface area contributed by atoms with Crippen molar-refractivity contribution in [3.05, 3.63) is 29.8 Å². The van der Waals surface area contributed by atoms with Crippen LogP contribution >= 0.6 is 11.8 Å². The number of nitrogens with one attached hydrogen (secondary N) is 1. The number of benzene rings is 1. The maximum Gasteiger partial charge on any atom is 0.234 e. The van der Waals surface area contributed by atoms with Crippen LogP contribution in [0.1, 0.15) is 12.0 Å². The van der Waals surface area contributed by atoms with Gasteiger partial charge in [0.2, 0.25) is 5.91 Å². The van der Waals surface area contributed by atoms with Crippen molar-refractivity contribution in [3.8, 4) is 0 Å². The molecule has 0 radical (unpaired) electrons. The second-order valence-corrected chi connectivity index (χ2v) is 4.87. The Morgan fingerprint density at radius 1 is 1.56 bits per heavy atom. The van der Waals surface area contributed by atoms with Gasteiger partial charge in [0.05, 0.1) is 6.04 Å². The molecule has 0 aliphatic heterocycles. The summed E-state index contributed by atoms with van der Waals surface area (Å²) in [6, 6.07) is 8.11. The van der Waals surface area contributed by atoms with Crippen LogP contribution in [0.4, 0.5) is 0 Å². The first-order valence-corrected chi connectivity index (χ1v) is 6.28. The van der Waals surface area contributed by atoms with Crippen LogP contribution in [0.3, 0.4) is 0 Å². The Labute approximate surface area is 101 Å². The molecule has 1 atom stereocenters. The van der Waals surface area contributed by atoms with Crippen molar-refractivity contribution in [2.75, 3.05) is 12.8 Å². The van der Waals surface area contributed by atoms with Gasteiger partial charge in [-0.15, -0.1) is 11.8 Å². The van der Waals surface area contributed by atoms with E-state index in [1.807, 2.05) is 6.07 Å². The Hall–Kier alpha value is -1.00. The molecule has 0 bridgehead atoms. The van der Waals surface area contributed by atoms with Gasteiger partial charge in [0, 0.05) is 4.90 Å². The molecule has 0 aromatic heterocycles. The number of rotatable bonds is 6. The average molecular weight is 238 g/mol. The molecule has 0 fully saturated rings. The third kappa shape index (κ3) is 4.24. The minimum Gasteiger partial charge on any atom is -0.368 e. The summed E-state index contributed by atoms with van der Waals surface area (Å²) in [5.41, 5.74) is 6.49. The first-order chi connectivity index (χ1) is 7.63. The molecule has 0 saturated heterocycles. The summed E-state index contributed by atoms with van der Waals surface area (Å²) < 4.78 is 0. The third-order valence-corrected chi connectivity index (χ3v) is 3.38. The Balaban J connectivity index is 2.38. The summed E-state index contributed by atoms with van der Waals surface area (Å²) in [6.07, 6.45) is 0.754. The van der Waals surface area contributed by atoms with E-state index in [0.29, 0.717) is 0 Å². The minimum atomic E-state index is -0.285. The monoisotopic (exact) mass is 238 g/mol. The molecule has 88 valence electrons. The topological polar surface area (TPSA) is 55.1 Å². The van der Waals surface area contributed by atoms with Crippen molar-refractivity contribution < 1.29 is 4.79 Å². The van der Waals surface area contributed by atoms with Gasteiger partial charge in [-0.3, -0.25) is 4.79 Å². The van der Waals surface area contributed by atoms with Crippen molar-refractivity contribution >= 4 is 17.7 Å². The smallest absolute Gasteiger partial charge is 0.234 e. The summed E-state index contributed by atoms with van der Waals surface area (Å²) >= 11 is 1.75. The zero-order valence-corrected chi connectivity index (χ0v) is 10.5. The molecule has 0 heterocycles. The Bertz CT molecular complexity index is 355. The number of likely N-dealkylation sites (N-methyl/N-ethyl adjacent to an activating group) is 1. The summed E-state index contributed by atoms with van der Waals surface area (Å²) in [5.74, 6) is 0.602. The Kier molecular flexibility index (Phi) is 5.35. The Morgan fingerprint density at radius 2 is 2.31 bits per heavy atom. The van der Waals surface area contributed by atoms with E-state index >= 15 is 0 Å². The SMILES string of the molecule is CNC(CCSc1cccc(C)c1)C(N)=O. The molecule has 0 saturated carbocycles. The van der Waals surface area contributed by atoms with Gasteiger partial charge in [0.15, 0.2) is 0 Å². The van der Waals surface area contributed by atoms with Crippen LogP contribution in [0.5, 0.6) is 0 Å². The third-order valence-electron chi connectivity index (χ3n) is 2.36. The standard InChI is InChI=1S/C12H18N2OS/c1-9-4-3-5-10(8-9)16-7-6-11(14-2)12(13)15/h3-5,8,11,14H,6-7H2,1-2H3,(H2,13,15). The second-order valence-electron chi connectivity index (χ2n) is 3.70. The van der Waals surface area contributed by atoms with E-state index in [1.165, 1.54) is 10.5 Å². The molecule has 16 heavy (non-hydrogen) atoms. The van der Waals surface area contributed by atoms with Gasteiger partial charge in [0.25, 0.3) is 0 Å². The van der Waals surface area contributed by atoms with Crippen LogP contribution in [0.25, 0.3) is 0 Å². The molecule has 1 amide bonds. The predicted octanol–water partition coefficient (Wildman–Crippen LogP) is 1.55. The van der Waals surface area contributed by atoms with E-state index in [1.54, 1.807) is 18.8 Å². The van der Waals surface area contributed by atoms with Gasteiger partial charge in [-0.25, -0.2) is 0 Å². The minimum absolute atomic E-state index is 0.225. The maximum absolute atomic E-state index is 11.0. The zero-order chi connectivity index (χ0) is 12.0. The van der Waals surface area contributed by atoms with Gasteiger partial charge in [-0.05, 0) is 38.3 Å². The molecule has 3 nitrogen and oxygen atoms in total. The van der Waals surface area contributed by atoms with E-state index in [9.17, 15) is 4.79 Å². The second kappa shape index (κ2) is 6.55. The van der Waals surface area contributed by atoms with Crippen molar-refractivity contribution in [1.82, 2.24) is 5.32 Å². The molecule has 0 aliphatic carbocycles. The van der Waals surface area contributed by atoms with Crippen LogP contribution in [-0.2, 0) is 4.79 Å². The first-order valence-electron chi connectivity index (χ1n) is 5.29. The number of hydrogen-bond donors (Lipinski definition) is 2. The summed E-state index contributed by atoms with van der Waals surface area (Å²) in [7, 11) is 1.76. The molecule has 0 aliphatic rings. The Morgan fingerprint density at radius 3 is 2.88 bits per heavy atom. The number of hydrogen-bond acceptors (Lipinski definition) is 3. The fraction of sp³-hybridized carbons (Fsp3) is 0.417. The first kappa shape index (κ1) is 13.1. The van der Waals surface area contributed by atoms with Crippen LogP contribution < -0.4 is 11.1 Å². The summed E-state index contributed by atoms with van der Waals surface area (Å²) in [6.45, 7) is 2.07. The fourth-order valence-corrected chi connectivity index (χ4v) is 2.46. The van der Waals surface area contributed by atoms with E-state index in [2.05, 4.69) is 30.4 Å². The number of primary amides is 1. The number of carbonyl (C=O) groups excluding carboxylic acids is 1. The predicted molar refractivity (Wildman–Crippen MR) is 68.6 cm³/mol. The molecular weight excluding hydrogens is 220 g/mol. The van der Waals surface area contributed by atoms with E-state index in [-0.39, 0.29) is 11.9 Å². The maximum atomic E-state index is 11.0. The van der Waals surface area contributed by atoms with Gasteiger partial charge in [0.1, 0.15) is 0 Å². The molecule has 1 aromatic rings. The van der Waals surface area contributed by atoms with Crippen molar-refractivity contribution in [2.24, 2.45) is 5.73 Å². The molecule has 1 unspecified atom stereocenters. The zero-order valence-electron chi connectivity index (χ0n) is 9.69. The molecule has 3 N–H and O–H groups in total. The summed E-state index contributed by atoms with van der Waals surface area (Å²) in [5, 5.41) is 2.91. The highest BCUT2D eigenvalue weighted by Gasteiger charge is 2.11. The normalized spacial score (nSPS) is 12.4. The molecule has 0 spiro atoms. The van der Waals surface area contributed by atoms with Crippen LogP contribution in [0, 0.1) is 6.92 Å². The molecule has 1 rings (SSSR count). The number of thioether (sulfide) groups is 1. The lowest BCUT2D eigenvalue weighted by Gasteiger charge is -2.11. The average Bonchev–Trinajstić information content (AvgIpc) is 2.24. The van der Waals surface area contributed by atoms with Crippen molar-refractivity contribution in [1.29, 1.82) is 0 Å². The number of nitrogens with two attached hydrogens (primary N) is 1. The summed E-state index contributed by atoms with van der Waals surface area (Å²) in [4.78, 5) is 12.2. The van der Waals surface area contributed by atoms with Gasteiger partial charge < -0.3 is 11.1 Å². The highest BCUT2D eigenvalue weighted by molar-refractivity contribution is 7.99. The van der Waals surface area contributed by atoms with E-state index in [0.717, 1.165) is 12.2 Å². The van der Waals surface area contributed by atoms with Crippen LogP contribution in [-0.4, -0.2) is 24.7 Å². The molecular formula is C12H18N2OS. The van der Waals surface area contributed by atoms with Gasteiger partial charge in [-0.1, -0.05) is 17.7 Å². The quantitative estimate of drug-likeness (QED) is 0.739. The lowest BCUT2D eigenvalue weighted by atomic mass is 10.2. The van der Waals surface area contributed by atoms with Crippen molar-refractivity contribution in [3.63, 3.8) is 0 Å².